The minimum absolute atomic E-state index is 0.250. The van der Waals surface area contributed by atoms with E-state index in [-0.39, 0.29) is 5.54 Å². The third kappa shape index (κ3) is 2.72. The predicted molar refractivity (Wildman–Crippen MR) is 82.7 cm³/mol. The highest BCUT2D eigenvalue weighted by molar-refractivity contribution is 9.08. The number of rotatable bonds is 2. The highest BCUT2D eigenvalue weighted by Crippen LogP contribution is 2.26. The Morgan fingerprint density at radius 1 is 1.28 bits per heavy atom. The molecular formula is C15H23BrN2. The lowest BCUT2D eigenvalue weighted by molar-refractivity contribution is 0.139. The summed E-state index contributed by atoms with van der Waals surface area (Å²) >= 11 is 3.53. The maximum Gasteiger partial charge on any atom is 0.0370 e. The quantitative estimate of drug-likeness (QED) is 0.772. The average Bonchev–Trinajstić information content (AvgIpc) is 2.32. The van der Waals surface area contributed by atoms with Crippen LogP contribution in [0.15, 0.2) is 18.2 Å². The monoisotopic (exact) mass is 310 g/mol. The fraction of sp³-hybridized carbons (Fsp3) is 0.600. The highest BCUT2D eigenvalue weighted by Gasteiger charge is 2.31. The molecule has 0 N–H and O–H groups in total. The number of hydrogen-bond acceptors (Lipinski definition) is 2. The van der Waals surface area contributed by atoms with Gasteiger partial charge in [-0.05, 0) is 51.1 Å². The van der Waals surface area contributed by atoms with E-state index in [1.807, 2.05) is 0 Å². The van der Waals surface area contributed by atoms with Crippen molar-refractivity contribution in [3.8, 4) is 0 Å². The van der Waals surface area contributed by atoms with E-state index in [2.05, 4.69) is 71.7 Å². The number of anilines is 1. The minimum atomic E-state index is 0.250. The van der Waals surface area contributed by atoms with Crippen LogP contribution in [-0.2, 0) is 5.33 Å². The van der Waals surface area contributed by atoms with Crippen molar-refractivity contribution in [3.63, 3.8) is 0 Å². The third-order valence-electron chi connectivity index (χ3n) is 4.15. The number of benzene rings is 1. The maximum absolute atomic E-state index is 3.53. The van der Waals surface area contributed by atoms with Crippen molar-refractivity contribution in [1.29, 1.82) is 0 Å². The number of alkyl halides is 1. The van der Waals surface area contributed by atoms with Gasteiger partial charge in [0.15, 0.2) is 0 Å². The molecule has 0 radical (unpaired) electrons. The summed E-state index contributed by atoms with van der Waals surface area (Å²) in [6, 6.07) is 6.81. The molecule has 0 unspecified atom stereocenters. The molecule has 0 atom stereocenters. The summed E-state index contributed by atoms with van der Waals surface area (Å²) in [6.07, 6.45) is 0. The molecule has 100 valence electrons. The Bertz CT molecular complexity index is 429. The Hall–Kier alpha value is -0.540. The Morgan fingerprint density at radius 2 is 2.00 bits per heavy atom. The van der Waals surface area contributed by atoms with Crippen LogP contribution >= 0.6 is 15.9 Å². The Balaban J connectivity index is 2.20. The van der Waals surface area contributed by atoms with Crippen molar-refractivity contribution in [3.05, 3.63) is 29.3 Å². The van der Waals surface area contributed by atoms with Crippen molar-refractivity contribution in [2.45, 2.75) is 31.6 Å². The summed E-state index contributed by atoms with van der Waals surface area (Å²) in [5.41, 5.74) is 4.37. The van der Waals surface area contributed by atoms with Crippen LogP contribution in [0.3, 0.4) is 0 Å². The molecule has 1 aliphatic rings. The molecule has 1 saturated heterocycles. The molecule has 1 fully saturated rings. The number of piperazine rings is 1. The van der Waals surface area contributed by atoms with E-state index in [1.165, 1.54) is 16.8 Å². The molecule has 2 rings (SSSR count). The zero-order valence-electron chi connectivity index (χ0n) is 11.8. The summed E-state index contributed by atoms with van der Waals surface area (Å²) in [4.78, 5) is 4.95. The molecule has 1 aromatic carbocycles. The molecule has 0 bridgehead atoms. The van der Waals surface area contributed by atoms with E-state index in [4.69, 9.17) is 0 Å². The average molecular weight is 311 g/mol. The summed E-state index contributed by atoms with van der Waals surface area (Å²) < 4.78 is 0. The Labute approximate surface area is 119 Å². The molecule has 1 aromatic rings. The first-order valence-corrected chi connectivity index (χ1v) is 7.68. The van der Waals surface area contributed by atoms with Gasteiger partial charge in [0.1, 0.15) is 0 Å². The second-order valence-electron chi connectivity index (χ2n) is 5.90. The first-order valence-electron chi connectivity index (χ1n) is 6.56. The molecule has 2 nitrogen and oxygen atoms in total. The summed E-state index contributed by atoms with van der Waals surface area (Å²) in [7, 11) is 2.22. The Morgan fingerprint density at radius 3 is 2.56 bits per heavy atom. The van der Waals surface area contributed by atoms with E-state index in [9.17, 15) is 0 Å². The predicted octanol–water partition coefficient (Wildman–Crippen LogP) is 3.42. The van der Waals surface area contributed by atoms with Gasteiger partial charge in [0.2, 0.25) is 0 Å². The fourth-order valence-electron chi connectivity index (χ4n) is 2.49. The lowest BCUT2D eigenvalue weighted by atomic mass is 9.98. The highest BCUT2D eigenvalue weighted by atomic mass is 79.9. The molecule has 1 aliphatic heterocycles. The van der Waals surface area contributed by atoms with E-state index >= 15 is 0 Å². The van der Waals surface area contributed by atoms with Gasteiger partial charge in [-0.15, -0.1) is 0 Å². The molecule has 0 saturated carbocycles. The van der Waals surface area contributed by atoms with Gasteiger partial charge < -0.3 is 4.90 Å². The van der Waals surface area contributed by atoms with Crippen molar-refractivity contribution < 1.29 is 0 Å². The van der Waals surface area contributed by atoms with Gasteiger partial charge in [-0.1, -0.05) is 22.0 Å². The summed E-state index contributed by atoms with van der Waals surface area (Å²) in [5.74, 6) is 0. The van der Waals surface area contributed by atoms with Gasteiger partial charge in [-0.3, -0.25) is 4.90 Å². The van der Waals surface area contributed by atoms with Gasteiger partial charge in [0.25, 0.3) is 0 Å². The van der Waals surface area contributed by atoms with E-state index < -0.39 is 0 Å². The van der Waals surface area contributed by atoms with E-state index in [0.717, 1.165) is 25.0 Å². The van der Waals surface area contributed by atoms with Crippen LogP contribution in [0.25, 0.3) is 0 Å². The topological polar surface area (TPSA) is 6.48 Å². The number of hydrogen-bond donors (Lipinski definition) is 0. The normalized spacial score (nSPS) is 20.2. The molecule has 0 aliphatic carbocycles. The molecule has 0 aromatic heterocycles. The number of aryl methyl sites for hydroxylation is 1. The molecule has 18 heavy (non-hydrogen) atoms. The van der Waals surface area contributed by atoms with Crippen LogP contribution in [0.2, 0.25) is 0 Å². The fourth-order valence-corrected chi connectivity index (χ4v) is 3.12. The van der Waals surface area contributed by atoms with Crippen molar-refractivity contribution in [2.75, 3.05) is 31.6 Å². The SMILES string of the molecule is Cc1cc(N2CCN(C)C(C)(C)C2)ccc1CBr. The number of halogens is 1. The van der Waals surface area contributed by atoms with Crippen LogP contribution in [-0.4, -0.2) is 37.1 Å². The lowest BCUT2D eigenvalue weighted by Crippen LogP contribution is -2.57. The van der Waals surface area contributed by atoms with Crippen LogP contribution in [0.1, 0.15) is 25.0 Å². The second kappa shape index (κ2) is 5.22. The van der Waals surface area contributed by atoms with Crippen LogP contribution < -0.4 is 4.90 Å². The standard InChI is InChI=1S/C15H23BrN2/c1-12-9-14(6-5-13(12)10-16)18-8-7-17(4)15(2,3)11-18/h5-6,9H,7-8,10-11H2,1-4H3. The van der Waals surface area contributed by atoms with Crippen LogP contribution in [0.4, 0.5) is 5.69 Å². The van der Waals surface area contributed by atoms with Gasteiger partial charge in [-0.2, -0.15) is 0 Å². The molecular weight excluding hydrogens is 288 g/mol. The van der Waals surface area contributed by atoms with Crippen molar-refractivity contribution in [1.82, 2.24) is 4.90 Å². The smallest absolute Gasteiger partial charge is 0.0370 e. The largest absolute Gasteiger partial charge is 0.368 e. The molecule has 3 heteroatoms. The zero-order chi connectivity index (χ0) is 13.3. The lowest BCUT2D eigenvalue weighted by Gasteiger charge is -2.46. The van der Waals surface area contributed by atoms with Gasteiger partial charge in [0, 0.05) is 36.2 Å². The van der Waals surface area contributed by atoms with Gasteiger partial charge >= 0.3 is 0 Å². The van der Waals surface area contributed by atoms with Crippen LogP contribution in [0, 0.1) is 6.92 Å². The zero-order valence-corrected chi connectivity index (χ0v) is 13.4. The van der Waals surface area contributed by atoms with Gasteiger partial charge in [-0.25, -0.2) is 0 Å². The van der Waals surface area contributed by atoms with Crippen LogP contribution in [0.5, 0.6) is 0 Å². The minimum Gasteiger partial charge on any atom is -0.368 e. The van der Waals surface area contributed by atoms with Crippen molar-refractivity contribution >= 4 is 21.6 Å². The Kier molecular flexibility index (Phi) is 4.02. The molecule has 0 spiro atoms. The van der Waals surface area contributed by atoms with E-state index in [0.29, 0.717) is 0 Å². The van der Waals surface area contributed by atoms with E-state index in [1.54, 1.807) is 0 Å². The van der Waals surface area contributed by atoms with Crippen molar-refractivity contribution in [2.24, 2.45) is 0 Å². The summed E-state index contributed by atoms with van der Waals surface area (Å²) in [5, 5.41) is 0.938. The second-order valence-corrected chi connectivity index (χ2v) is 6.46. The third-order valence-corrected chi connectivity index (χ3v) is 4.76. The first kappa shape index (κ1) is 13.9. The summed E-state index contributed by atoms with van der Waals surface area (Å²) in [6.45, 7) is 10.2. The maximum atomic E-state index is 3.53. The number of likely N-dealkylation sites (N-methyl/N-ethyl adjacent to an activating group) is 1. The first-order chi connectivity index (χ1) is 8.44. The molecule has 1 heterocycles. The number of nitrogens with zero attached hydrogens (tertiary/aromatic N) is 2. The van der Waals surface area contributed by atoms with Gasteiger partial charge in [0.05, 0.1) is 0 Å². The molecule has 0 amide bonds.